The van der Waals surface area contributed by atoms with Crippen LogP contribution in [0.5, 0.6) is 5.75 Å². The van der Waals surface area contributed by atoms with Gasteiger partial charge < -0.3 is 15.0 Å². The average Bonchev–Trinajstić information content (AvgIpc) is 2.87. The van der Waals surface area contributed by atoms with Gasteiger partial charge in [0.2, 0.25) is 5.91 Å². The minimum absolute atomic E-state index is 0.0247. The van der Waals surface area contributed by atoms with Crippen molar-refractivity contribution in [2.75, 3.05) is 6.61 Å². The molecule has 2 amide bonds. The van der Waals surface area contributed by atoms with E-state index < -0.39 is 6.04 Å². The van der Waals surface area contributed by atoms with Crippen molar-refractivity contribution in [1.82, 2.24) is 10.2 Å². The van der Waals surface area contributed by atoms with Crippen LogP contribution < -0.4 is 10.1 Å². The highest BCUT2D eigenvalue weighted by atomic mass is 35.5. The predicted molar refractivity (Wildman–Crippen MR) is 141 cm³/mol. The van der Waals surface area contributed by atoms with E-state index in [1.807, 2.05) is 62.4 Å². The summed E-state index contributed by atoms with van der Waals surface area (Å²) in [6.45, 7) is 3.93. The van der Waals surface area contributed by atoms with E-state index in [0.717, 1.165) is 17.5 Å². The molecule has 0 unspecified atom stereocenters. The van der Waals surface area contributed by atoms with Gasteiger partial charge in [-0.25, -0.2) is 0 Å². The Hall–Kier alpha value is -3.02. The van der Waals surface area contributed by atoms with Crippen molar-refractivity contribution < 1.29 is 14.3 Å². The number of halogens is 2. The summed E-state index contributed by atoms with van der Waals surface area (Å²) < 4.78 is 5.74. The van der Waals surface area contributed by atoms with E-state index in [0.29, 0.717) is 22.2 Å². The van der Waals surface area contributed by atoms with Crippen LogP contribution in [0.4, 0.5) is 0 Å². The highest BCUT2D eigenvalue weighted by Gasteiger charge is 2.31. The molecule has 1 N–H and O–H groups in total. The summed E-state index contributed by atoms with van der Waals surface area (Å²) in [5.74, 6) is 0.0653. The van der Waals surface area contributed by atoms with Gasteiger partial charge in [-0.05, 0) is 48.7 Å². The predicted octanol–water partition coefficient (Wildman–Crippen LogP) is 5.93. The molecule has 3 aromatic carbocycles. The zero-order chi connectivity index (χ0) is 25.2. The third-order valence-electron chi connectivity index (χ3n) is 5.71. The fourth-order valence-electron chi connectivity index (χ4n) is 3.57. The second-order valence-corrected chi connectivity index (χ2v) is 9.21. The number of amides is 2. The van der Waals surface area contributed by atoms with Crippen molar-refractivity contribution in [2.24, 2.45) is 0 Å². The van der Waals surface area contributed by atoms with Crippen LogP contribution in [0.1, 0.15) is 31.4 Å². The Bertz CT molecular complexity index is 1110. The fourth-order valence-corrected chi connectivity index (χ4v) is 3.90. The monoisotopic (exact) mass is 512 g/mol. The number of hydrogen-bond donors (Lipinski definition) is 1. The molecule has 0 saturated carbocycles. The Morgan fingerprint density at radius 2 is 1.57 bits per heavy atom. The first kappa shape index (κ1) is 26.6. The summed E-state index contributed by atoms with van der Waals surface area (Å²) >= 11 is 12.3. The molecule has 0 aliphatic carbocycles. The van der Waals surface area contributed by atoms with Crippen LogP contribution in [0.25, 0.3) is 0 Å². The molecule has 5 nitrogen and oxygen atoms in total. The number of nitrogens with one attached hydrogen (secondary N) is 1. The second kappa shape index (κ2) is 13.2. The highest BCUT2D eigenvalue weighted by Crippen LogP contribution is 2.24. The van der Waals surface area contributed by atoms with E-state index in [1.165, 1.54) is 0 Å². The summed E-state index contributed by atoms with van der Waals surface area (Å²) in [6.07, 6.45) is 1.14. The fraction of sp³-hybridized carbons (Fsp3) is 0.286. The van der Waals surface area contributed by atoms with Crippen LogP contribution >= 0.6 is 23.2 Å². The molecule has 0 spiro atoms. The van der Waals surface area contributed by atoms with Gasteiger partial charge in [-0.2, -0.15) is 0 Å². The van der Waals surface area contributed by atoms with Crippen molar-refractivity contribution in [1.29, 1.82) is 0 Å². The summed E-state index contributed by atoms with van der Waals surface area (Å²) in [5, 5.41) is 3.86. The van der Waals surface area contributed by atoms with Crippen molar-refractivity contribution in [3.8, 4) is 5.75 Å². The van der Waals surface area contributed by atoms with Gasteiger partial charge in [0.1, 0.15) is 11.8 Å². The van der Waals surface area contributed by atoms with Crippen LogP contribution in [0.2, 0.25) is 10.0 Å². The molecule has 0 bridgehead atoms. The first-order chi connectivity index (χ1) is 16.9. The molecule has 35 heavy (non-hydrogen) atoms. The van der Waals surface area contributed by atoms with Crippen LogP contribution in [0.15, 0.2) is 78.9 Å². The molecule has 3 aromatic rings. The number of nitrogens with zero attached hydrogens (tertiary/aromatic N) is 1. The standard InChI is InChI=1S/C28H30Cl2N2O3/c1-3-20(2)31-28(34)26(17-21-10-6-4-7-11-21)32(18-22-14-15-24(29)25(30)16-22)27(33)19-35-23-12-8-5-9-13-23/h4-16,20,26H,3,17-19H2,1-2H3,(H,31,34)/t20-,26-/m0/s1. The maximum atomic E-state index is 13.5. The number of hydrogen-bond acceptors (Lipinski definition) is 3. The molecule has 0 heterocycles. The Kier molecular flexibility index (Phi) is 10.0. The first-order valence-electron chi connectivity index (χ1n) is 11.6. The maximum absolute atomic E-state index is 13.5. The van der Waals surface area contributed by atoms with Gasteiger partial charge in [-0.15, -0.1) is 0 Å². The smallest absolute Gasteiger partial charge is 0.261 e. The van der Waals surface area contributed by atoms with E-state index in [4.69, 9.17) is 27.9 Å². The normalized spacial score (nSPS) is 12.5. The zero-order valence-corrected chi connectivity index (χ0v) is 21.4. The average molecular weight is 513 g/mol. The molecule has 0 aliphatic heterocycles. The molecule has 0 fully saturated rings. The summed E-state index contributed by atoms with van der Waals surface area (Å²) in [5.41, 5.74) is 1.72. The molecule has 2 atom stereocenters. The third kappa shape index (κ3) is 8.01. The summed E-state index contributed by atoms with van der Waals surface area (Å²) in [7, 11) is 0. The molecule has 7 heteroatoms. The lowest BCUT2D eigenvalue weighted by Crippen LogP contribution is -2.53. The molecular formula is C28H30Cl2N2O3. The van der Waals surface area contributed by atoms with E-state index in [9.17, 15) is 9.59 Å². The van der Waals surface area contributed by atoms with Crippen LogP contribution in [0, 0.1) is 0 Å². The van der Waals surface area contributed by atoms with Crippen molar-refractivity contribution >= 4 is 35.0 Å². The number of rotatable bonds is 11. The molecule has 0 radical (unpaired) electrons. The minimum Gasteiger partial charge on any atom is -0.484 e. The van der Waals surface area contributed by atoms with E-state index >= 15 is 0 Å². The molecular weight excluding hydrogens is 483 g/mol. The quantitative estimate of drug-likeness (QED) is 0.346. The van der Waals surface area contributed by atoms with Crippen LogP contribution in [0.3, 0.4) is 0 Å². The summed E-state index contributed by atoms with van der Waals surface area (Å²) in [4.78, 5) is 28.5. The second-order valence-electron chi connectivity index (χ2n) is 8.40. The van der Waals surface area contributed by atoms with Gasteiger partial charge in [0.25, 0.3) is 5.91 Å². The molecule has 184 valence electrons. The van der Waals surface area contributed by atoms with Gasteiger partial charge >= 0.3 is 0 Å². The Morgan fingerprint density at radius 3 is 2.20 bits per heavy atom. The number of carbonyl (C=O) groups is 2. The van der Waals surface area contributed by atoms with Crippen molar-refractivity contribution in [3.05, 3.63) is 100 Å². The molecule has 0 aliphatic rings. The van der Waals surface area contributed by atoms with E-state index in [-0.39, 0.29) is 31.0 Å². The van der Waals surface area contributed by atoms with Gasteiger partial charge in [0.05, 0.1) is 10.0 Å². The van der Waals surface area contributed by atoms with Gasteiger partial charge in [-0.1, -0.05) is 84.7 Å². The first-order valence-corrected chi connectivity index (χ1v) is 12.4. The zero-order valence-electron chi connectivity index (χ0n) is 19.9. The number of para-hydroxylation sites is 1. The number of benzene rings is 3. The van der Waals surface area contributed by atoms with Crippen LogP contribution in [-0.4, -0.2) is 35.4 Å². The van der Waals surface area contributed by atoms with Crippen molar-refractivity contribution in [3.63, 3.8) is 0 Å². The topological polar surface area (TPSA) is 58.6 Å². The SMILES string of the molecule is CC[C@H](C)NC(=O)[C@H](Cc1ccccc1)N(Cc1ccc(Cl)c(Cl)c1)C(=O)COc1ccccc1. The highest BCUT2D eigenvalue weighted by molar-refractivity contribution is 6.42. The number of carbonyl (C=O) groups excluding carboxylic acids is 2. The number of ether oxygens (including phenoxy) is 1. The molecule has 3 rings (SSSR count). The molecule has 0 aromatic heterocycles. The Balaban J connectivity index is 1.93. The lowest BCUT2D eigenvalue weighted by atomic mass is 10.0. The van der Waals surface area contributed by atoms with E-state index in [2.05, 4.69) is 5.32 Å². The van der Waals surface area contributed by atoms with Gasteiger partial charge in [-0.3, -0.25) is 9.59 Å². The van der Waals surface area contributed by atoms with Crippen molar-refractivity contribution in [2.45, 2.75) is 45.3 Å². The maximum Gasteiger partial charge on any atom is 0.261 e. The molecule has 0 saturated heterocycles. The largest absolute Gasteiger partial charge is 0.484 e. The van der Waals surface area contributed by atoms with E-state index in [1.54, 1.807) is 35.2 Å². The Morgan fingerprint density at radius 1 is 0.914 bits per heavy atom. The van der Waals surface area contributed by atoms with Gasteiger partial charge in [0, 0.05) is 19.0 Å². The lowest BCUT2D eigenvalue weighted by molar-refractivity contribution is -0.143. The summed E-state index contributed by atoms with van der Waals surface area (Å²) in [6, 6.07) is 23.2. The lowest BCUT2D eigenvalue weighted by Gasteiger charge is -2.32. The van der Waals surface area contributed by atoms with Crippen LogP contribution in [-0.2, 0) is 22.6 Å². The minimum atomic E-state index is -0.743. The van der Waals surface area contributed by atoms with Gasteiger partial charge in [0.15, 0.2) is 6.61 Å². The Labute approximate surface area is 217 Å². The third-order valence-corrected chi connectivity index (χ3v) is 6.45.